The molecule has 0 N–H and O–H groups in total. The van der Waals surface area contributed by atoms with E-state index in [1.54, 1.807) is 48.5 Å². The zero-order chi connectivity index (χ0) is 59.7. The third-order valence-corrected chi connectivity index (χ3v) is 12.7. The molecule has 0 aliphatic heterocycles. The molecule has 0 fully saturated rings. The summed E-state index contributed by atoms with van der Waals surface area (Å²) in [4.78, 5) is 29.0. The molecule has 0 aliphatic carbocycles. The molecule has 7 rings (SSSR count). The number of aromatic nitrogens is 6. The topological polar surface area (TPSA) is 261 Å². The molecule has 0 saturated carbocycles. The molecule has 4 aromatic heterocycles. The first-order valence-corrected chi connectivity index (χ1v) is 25.3. The molecule has 81 heavy (non-hydrogen) atoms. The van der Waals surface area contributed by atoms with Gasteiger partial charge in [0.2, 0.25) is 34.3 Å². The van der Waals surface area contributed by atoms with Gasteiger partial charge >= 0.3 is 39.4 Å². The normalized spacial score (nSPS) is 13.5. The highest BCUT2D eigenvalue weighted by atomic mass is 127. The van der Waals surface area contributed by atoms with E-state index in [1.807, 2.05) is 22.6 Å². The second kappa shape index (κ2) is 25.2. The Labute approximate surface area is 464 Å². The Balaban J connectivity index is 0.000000261. The summed E-state index contributed by atoms with van der Waals surface area (Å²) in [6.07, 6.45) is -9.60. The Morgan fingerprint density at radius 3 is 1.44 bits per heavy atom. The SMILES string of the molecule is C=CCCC(OCc1ccccc1)(c1nnc(-c2nc(OS(=O)(=O)C(F)(F)F)c(C)cc2[N+](=O)[O-])o1)C(F)(F)F.C=CCCC(OCc1ccccc1)(c1nnc(-c2nc(Oc3cc(F)cc(I)c3)c(C)cc2[N+](=O)[O-])o1)C(F)(F)F. The summed E-state index contributed by atoms with van der Waals surface area (Å²) in [5.41, 5.74) is -14.9. The number of aryl methyl sites for hydroxylation is 2. The van der Waals surface area contributed by atoms with Crippen LogP contribution in [-0.2, 0) is 44.0 Å². The van der Waals surface area contributed by atoms with Gasteiger partial charge in [0.1, 0.15) is 11.6 Å². The van der Waals surface area contributed by atoms with Crippen LogP contribution in [0.4, 0.5) is 55.3 Å². The lowest BCUT2D eigenvalue weighted by Crippen LogP contribution is -2.45. The fourth-order valence-corrected chi connectivity index (χ4v) is 8.18. The Kier molecular flexibility index (Phi) is 19.4. The highest BCUT2D eigenvalue weighted by Crippen LogP contribution is 2.49. The number of allylic oxidation sites excluding steroid dienone is 2. The number of rotatable bonds is 22. The lowest BCUT2D eigenvalue weighted by molar-refractivity contribution is -0.384. The van der Waals surface area contributed by atoms with E-state index in [0.29, 0.717) is 20.8 Å². The number of nitrogens with zero attached hydrogens (tertiary/aromatic N) is 8. The van der Waals surface area contributed by atoms with Crippen molar-refractivity contribution in [1.82, 2.24) is 30.4 Å². The molecule has 430 valence electrons. The van der Waals surface area contributed by atoms with Crippen LogP contribution in [-0.4, -0.2) is 66.5 Å². The van der Waals surface area contributed by atoms with Crippen LogP contribution in [0.5, 0.6) is 17.5 Å². The quantitative estimate of drug-likeness (QED) is 0.0116. The minimum atomic E-state index is -6.26. The second-order valence-electron chi connectivity index (χ2n) is 16.8. The summed E-state index contributed by atoms with van der Waals surface area (Å²) >= 11 is 1.88. The van der Waals surface area contributed by atoms with Crippen LogP contribution in [0.2, 0.25) is 0 Å². The zero-order valence-electron chi connectivity index (χ0n) is 41.5. The lowest BCUT2D eigenvalue weighted by atomic mass is 9.96. The Morgan fingerprint density at radius 2 is 1.06 bits per heavy atom. The fraction of sp³-hybridized carbons (Fsp3) is 0.265. The van der Waals surface area contributed by atoms with Gasteiger partial charge in [-0.15, -0.1) is 33.6 Å². The third-order valence-electron chi connectivity index (χ3n) is 11.1. The molecule has 4 heterocycles. The van der Waals surface area contributed by atoms with Crippen LogP contribution < -0.4 is 8.92 Å². The van der Waals surface area contributed by atoms with Crippen molar-refractivity contribution in [2.24, 2.45) is 0 Å². The second-order valence-corrected chi connectivity index (χ2v) is 19.6. The Morgan fingerprint density at radius 1 is 0.642 bits per heavy atom. The minimum Gasteiger partial charge on any atom is -0.439 e. The van der Waals surface area contributed by atoms with Crippen LogP contribution >= 0.6 is 22.6 Å². The minimum absolute atomic E-state index is 0.0471. The Bertz CT molecular complexity index is 3500. The molecular formula is C49H39F10IN8O12S. The van der Waals surface area contributed by atoms with Crippen LogP contribution in [0.15, 0.2) is 125 Å². The van der Waals surface area contributed by atoms with Gasteiger partial charge in [-0.25, -0.2) is 9.37 Å². The maximum Gasteiger partial charge on any atom is 0.534 e. The number of pyridine rings is 2. The molecule has 0 spiro atoms. The number of alkyl halides is 9. The summed E-state index contributed by atoms with van der Waals surface area (Å²) in [6.45, 7) is 8.27. The van der Waals surface area contributed by atoms with Crippen molar-refractivity contribution in [2.45, 2.75) is 81.8 Å². The number of hydrogen-bond acceptors (Lipinski definition) is 18. The van der Waals surface area contributed by atoms with Crippen molar-refractivity contribution in [3.63, 3.8) is 0 Å². The molecule has 0 amide bonds. The van der Waals surface area contributed by atoms with E-state index in [-0.39, 0.29) is 30.0 Å². The molecule has 32 heteroatoms. The largest absolute Gasteiger partial charge is 0.534 e. The van der Waals surface area contributed by atoms with Crippen LogP contribution in [0.1, 0.15) is 59.7 Å². The van der Waals surface area contributed by atoms with Gasteiger partial charge < -0.3 is 27.2 Å². The van der Waals surface area contributed by atoms with Crippen LogP contribution in [0, 0.1) is 43.5 Å². The van der Waals surface area contributed by atoms with Gasteiger partial charge in [0.05, 0.1) is 23.1 Å². The molecule has 2 atom stereocenters. The molecular weight excluding hydrogens is 1240 g/mol. The maximum absolute atomic E-state index is 14.7. The van der Waals surface area contributed by atoms with Gasteiger partial charge in [0.25, 0.3) is 23.6 Å². The van der Waals surface area contributed by atoms with Gasteiger partial charge in [-0.3, -0.25) is 20.2 Å². The van der Waals surface area contributed by atoms with E-state index in [4.69, 9.17) is 23.0 Å². The Hall–Kier alpha value is -7.98. The molecule has 0 bridgehead atoms. The van der Waals surface area contributed by atoms with Gasteiger partial charge in [-0.1, -0.05) is 72.8 Å². The van der Waals surface area contributed by atoms with Crippen molar-refractivity contribution in [3.05, 3.63) is 180 Å². The number of nitro groups is 2. The zero-order valence-corrected chi connectivity index (χ0v) is 44.5. The van der Waals surface area contributed by atoms with Crippen LogP contribution in [0.25, 0.3) is 23.2 Å². The highest BCUT2D eigenvalue weighted by molar-refractivity contribution is 14.1. The third kappa shape index (κ3) is 14.5. The predicted octanol–water partition coefficient (Wildman–Crippen LogP) is 13.3. The molecule has 0 radical (unpaired) electrons. The van der Waals surface area contributed by atoms with E-state index in [9.17, 15) is 72.6 Å². The molecule has 7 aromatic rings. The highest BCUT2D eigenvalue weighted by Gasteiger charge is 2.62. The van der Waals surface area contributed by atoms with Crippen molar-refractivity contribution < 1.29 is 89.4 Å². The summed E-state index contributed by atoms with van der Waals surface area (Å²) < 4.78 is 194. The number of benzene rings is 3. The van der Waals surface area contributed by atoms with Crippen molar-refractivity contribution in [3.8, 4) is 40.7 Å². The van der Waals surface area contributed by atoms with E-state index in [1.165, 1.54) is 43.3 Å². The average Bonchev–Trinajstić information content (AvgIpc) is 4.35. The summed E-state index contributed by atoms with van der Waals surface area (Å²) in [5.74, 6) is -5.86. The van der Waals surface area contributed by atoms with Gasteiger partial charge in [-0.2, -0.15) is 52.9 Å². The van der Waals surface area contributed by atoms with Crippen molar-refractivity contribution in [2.75, 3.05) is 0 Å². The first kappa shape index (κ1) is 62.2. The first-order valence-electron chi connectivity index (χ1n) is 22.8. The smallest absolute Gasteiger partial charge is 0.439 e. The summed E-state index contributed by atoms with van der Waals surface area (Å²) in [6, 6.07) is 21.4. The predicted molar refractivity (Wildman–Crippen MR) is 269 cm³/mol. The molecule has 2 unspecified atom stereocenters. The summed E-state index contributed by atoms with van der Waals surface area (Å²) in [7, 11) is -6.26. The van der Waals surface area contributed by atoms with E-state index in [0.717, 1.165) is 19.1 Å². The first-order chi connectivity index (χ1) is 38.0. The van der Waals surface area contributed by atoms with Crippen molar-refractivity contribution >= 4 is 44.1 Å². The van der Waals surface area contributed by atoms with E-state index >= 15 is 0 Å². The number of hydrogen-bond donors (Lipinski definition) is 0. The molecule has 3 aromatic carbocycles. The summed E-state index contributed by atoms with van der Waals surface area (Å²) in [5, 5.41) is 37.4. The van der Waals surface area contributed by atoms with Crippen LogP contribution in [0.3, 0.4) is 0 Å². The monoisotopic (exact) mass is 1280 g/mol. The molecule has 0 aliphatic rings. The van der Waals surface area contributed by atoms with E-state index in [2.05, 4.69) is 47.7 Å². The molecule has 0 saturated heterocycles. The lowest BCUT2D eigenvalue weighted by Gasteiger charge is -2.32. The fourth-order valence-electron chi connectivity index (χ4n) is 7.10. The standard InChI is InChI=1S/C27H21F4IN4O5.C22H18F6N4O7S/c1-3-4-10-26(27(29,30)31,39-15-17-8-6-5-7-9-17)25-35-34-24(41-25)22-21(36(37)38)11-16(2)23(33-22)40-20-13-18(28)12-19(32)14-20;1-3-4-10-20(21(23,24)25,37-12-14-8-6-5-7-9-14)19-31-30-18(38-19)16-15(32(33)34)11-13(2)17(29-16)39-40(35,36)22(26,27)28/h3,5-9,11-14H,1,4,10,15H2,2H3;3,5-9,11H,1,4,10,12H2,2H3. The molecule has 20 nitrogen and oxygen atoms in total. The average molecular weight is 1280 g/mol. The van der Waals surface area contributed by atoms with Gasteiger partial charge in [-0.05, 0) is 85.4 Å². The van der Waals surface area contributed by atoms with Gasteiger partial charge in [0, 0.05) is 32.9 Å². The van der Waals surface area contributed by atoms with Gasteiger partial charge in [0.15, 0.2) is 0 Å². The number of ether oxygens (including phenoxy) is 3. The number of halogens is 11. The van der Waals surface area contributed by atoms with Crippen molar-refractivity contribution in [1.29, 1.82) is 0 Å². The van der Waals surface area contributed by atoms with E-state index < -0.39 is 139 Å². The maximum atomic E-state index is 14.7.